The van der Waals surface area contributed by atoms with Crippen molar-refractivity contribution in [2.24, 2.45) is 11.8 Å². The van der Waals surface area contributed by atoms with Crippen LogP contribution in [0.25, 0.3) is 0 Å². The fourth-order valence-electron chi connectivity index (χ4n) is 6.20. The van der Waals surface area contributed by atoms with Gasteiger partial charge in [-0.15, -0.1) is 0 Å². The van der Waals surface area contributed by atoms with Gasteiger partial charge in [0.15, 0.2) is 21.5 Å². The summed E-state index contributed by atoms with van der Waals surface area (Å²) in [7, 11) is -3.92. The van der Waals surface area contributed by atoms with E-state index in [9.17, 15) is 27.1 Å². The summed E-state index contributed by atoms with van der Waals surface area (Å²) in [5, 5.41) is 13.5. The van der Waals surface area contributed by atoms with Crippen LogP contribution in [-0.4, -0.2) is 53.8 Å². The molecular weight excluding hydrogens is 534 g/mol. The summed E-state index contributed by atoms with van der Waals surface area (Å²) >= 11 is 6.33. The minimum atomic E-state index is -3.92. The van der Waals surface area contributed by atoms with E-state index in [0.717, 1.165) is 25.0 Å². The highest BCUT2D eigenvalue weighted by Crippen LogP contribution is 2.52. The molecule has 2 aliphatic rings. The number of aliphatic hydroxyl groups is 1. The van der Waals surface area contributed by atoms with Crippen molar-refractivity contribution in [3.63, 3.8) is 0 Å². The lowest BCUT2D eigenvalue weighted by molar-refractivity contribution is -0.0904. The first-order valence-electron chi connectivity index (χ1n) is 13.0. The fourth-order valence-corrected chi connectivity index (χ4v) is 8.60. The zero-order chi connectivity index (χ0) is 28.0. The van der Waals surface area contributed by atoms with E-state index in [1.54, 1.807) is 0 Å². The third-order valence-corrected chi connectivity index (χ3v) is 10.9. The van der Waals surface area contributed by atoms with Crippen molar-refractivity contribution in [1.82, 2.24) is 4.90 Å². The van der Waals surface area contributed by atoms with Crippen LogP contribution >= 0.6 is 11.6 Å². The SMILES string of the molecule is CC(C)N(CC1(O)[C@@H]2CC[C@H]1CC(S(=O)(=O)c1cc(C(=O)Nc3ccc(F)c(F)c3)ccc1Cl)C2)C(C)C. The van der Waals surface area contributed by atoms with Crippen molar-refractivity contribution >= 4 is 33.0 Å². The highest BCUT2D eigenvalue weighted by atomic mass is 35.5. The smallest absolute Gasteiger partial charge is 0.255 e. The number of carbonyl (C=O) groups excluding carboxylic acids is 1. The second-order valence-corrected chi connectivity index (χ2v) is 13.8. The van der Waals surface area contributed by atoms with Gasteiger partial charge >= 0.3 is 0 Å². The molecule has 2 N–H and O–H groups in total. The first-order chi connectivity index (χ1) is 17.7. The summed E-state index contributed by atoms with van der Waals surface area (Å²) in [5.41, 5.74) is -0.887. The van der Waals surface area contributed by atoms with E-state index in [4.69, 9.17) is 11.6 Å². The fraction of sp³-hybridized carbons (Fsp3) is 0.536. The van der Waals surface area contributed by atoms with Gasteiger partial charge in [-0.05, 0) is 95.5 Å². The van der Waals surface area contributed by atoms with E-state index in [1.807, 2.05) is 0 Å². The number of hydrogen-bond donors (Lipinski definition) is 2. The molecule has 0 saturated heterocycles. The molecule has 0 aromatic heterocycles. The third kappa shape index (κ3) is 5.48. The number of carbonyl (C=O) groups is 1. The van der Waals surface area contributed by atoms with Crippen molar-refractivity contribution in [2.45, 2.75) is 81.2 Å². The van der Waals surface area contributed by atoms with Gasteiger partial charge in [-0.2, -0.15) is 0 Å². The second kappa shape index (κ2) is 10.8. The van der Waals surface area contributed by atoms with Crippen LogP contribution in [0.2, 0.25) is 5.02 Å². The Morgan fingerprint density at radius 3 is 2.21 bits per heavy atom. The largest absolute Gasteiger partial charge is 0.388 e. The topological polar surface area (TPSA) is 86.7 Å². The van der Waals surface area contributed by atoms with Crippen molar-refractivity contribution < 1.29 is 27.1 Å². The Labute approximate surface area is 228 Å². The standard InChI is InChI=1S/C28H35ClF2N2O4S/c1-16(2)33(17(3)4)15-28(35)19-6-7-20(28)13-22(12-19)38(36,37)26-11-18(5-9-23(26)29)27(34)32-21-8-10-24(30)25(31)14-21/h5,8-11,14,16-17,19-20,22,35H,6-7,12-13,15H2,1-4H3,(H,32,34)/t19-,20+,22?,28?. The van der Waals surface area contributed by atoms with E-state index < -0.39 is 38.2 Å². The van der Waals surface area contributed by atoms with E-state index in [0.29, 0.717) is 19.4 Å². The van der Waals surface area contributed by atoms with Gasteiger partial charge in [0.1, 0.15) is 0 Å². The summed E-state index contributed by atoms with van der Waals surface area (Å²) in [6.07, 6.45) is 2.17. The number of hydrogen-bond acceptors (Lipinski definition) is 5. The molecule has 1 amide bonds. The molecule has 2 saturated carbocycles. The lowest BCUT2D eigenvalue weighted by Gasteiger charge is -2.47. The molecule has 2 bridgehead atoms. The molecule has 4 atom stereocenters. The quantitative estimate of drug-likeness (QED) is 0.428. The van der Waals surface area contributed by atoms with Crippen LogP contribution in [-0.2, 0) is 9.84 Å². The van der Waals surface area contributed by atoms with E-state index in [-0.39, 0.29) is 45.1 Å². The average molecular weight is 569 g/mol. The molecule has 6 nitrogen and oxygen atoms in total. The second-order valence-electron chi connectivity index (χ2n) is 11.2. The highest BCUT2D eigenvalue weighted by molar-refractivity contribution is 7.92. The van der Waals surface area contributed by atoms with Crippen LogP contribution in [0.15, 0.2) is 41.3 Å². The molecule has 208 valence electrons. The van der Waals surface area contributed by atoms with Gasteiger partial charge in [-0.1, -0.05) is 11.6 Å². The van der Waals surface area contributed by atoms with Gasteiger partial charge in [0.05, 0.1) is 20.8 Å². The molecule has 0 radical (unpaired) electrons. The van der Waals surface area contributed by atoms with Crippen molar-refractivity contribution in [3.05, 3.63) is 58.6 Å². The van der Waals surface area contributed by atoms with E-state index in [2.05, 4.69) is 37.9 Å². The first kappa shape index (κ1) is 28.9. The predicted molar refractivity (Wildman–Crippen MR) is 144 cm³/mol. The van der Waals surface area contributed by atoms with E-state index >= 15 is 0 Å². The minimum Gasteiger partial charge on any atom is -0.388 e. The van der Waals surface area contributed by atoms with Crippen LogP contribution < -0.4 is 5.32 Å². The molecule has 2 aromatic rings. The Bertz CT molecular complexity index is 1300. The molecule has 0 spiro atoms. The number of nitrogens with zero attached hydrogens (tertiary/aromatic N) is 1. The zero-order valence-corrected chi connectivity index (χ0v) is 23.6. The summed E-state index contributed by atoms with van der Waals surface area (Å²) in [6.45, 7) is 8.89. The molecule has 4 rings (SSSR count). The molecule has 2 aromatic carbocycles. The summed E-state index contributed by atoms with van der Waals surface area (Å²) in [6, 6.07) is 7.41. The van der Waals surface area contributed by atoms with E-state index in [1.165, 1.54) is 24.3 Å². The van der Waals surface area contributed by atoms with Crippen LogP contribution in [0, 0.1) is 23.5 Å². The zero-order valence-electron chi connectivity index (χ0n) is 22.0. The first-order valence-corrected chi connectivity index (χ1v) is 14.9. The van der Waals surface area contributed by atoms with Crippen molar-refractivity contribution in [1.29, 1.82) is 0 Å². The Kier molecular flexibility index (Phi) is 8.25. The van der Waals surface area contributed by atoms with Crippen LogP contribution in [0.5, 0.6) is 0 Å². The lowest BCUT2D eigenvalue weighted by atomic mass is 9.73. The lowest BCUT2D eigenvalue weighted by Crippen LogP contribution is -2.57. The number of anilines is 1. The maximum absolute atomic E-state index is 13.8. The van der Waals surface area contributed by atoms with Gasteiger partial charge < -0.3 is 10.4 Å². The molecule has 38 heavy (non-hydrogen) atoms. The van der Waals surface area contributed by atoms with Crippen LogP contribution in [0.1, 0.15) is 63.7 Å². The number of benzene rings is 2. The minimum absolute atomic E-state index is 0.00773. The molecule has 0 aliphatic heterocycles. The number of fused-ring (bicyclic) bond motifs is 2. The van der Waals surface area contributed by atoms with Gasteiger partial charge in [0.25, 0.3) is 5.91 Å². The molecule has 2 unspecified atom stereocenters. The van der Waals surface area contributed by atoms with Crippen molar-refractivity contribution in [3.8, 4) is 0 Å². The van der Waals surface area contributed by atoms with Crippen LogP contribution in [0.4, 0.5) is 14.5 Å². The van der Waals surface area contributed by atoms with Gasteiger partial charge in [0.2, 0.25) is 0 Å². The summed E-state index contributed by atoms with van der Waals surface area (Å²) in [5.74, 6) is -3.14. The Morgan fingerprint density at radius 2 is 1.66 bits per heavy atom. The maximum atomic E-state index is 13.8. The maximum Gasteiger partial charge on any atom is 0.255 e. The highest BCUT2D eigenvalue weighted by Gasteiger charge is 2.56. The Morgan fingerprint density at radius 1 is 1.05 bits per heavy atom. The number of sulfone groups is 1. The molecule has 0 heterocycles. The summed E-state index contributed by atoms with van der Waals surface area (Å²) < 4.78 is 54.3. The van der Waals surface area contributed by atoms with Crippen LogP contribution in [0.3, 0.4) is 0 Å². The predicted octanol–water partition coefficient (Wildman–Crippen LogP) is 5.68. The average Bonchev–Trinajstić information content (AvgIpc) is 2.99. The summed E-state index contributed by atoms with van der Waals surface area (Å²) in [4.78, 5) is 14.9. The van der Waals surface area contributed by atoms with Gasteiger partial charge in [0, 0.05) is 35.9 Å². The third-order valence-electron chi connectivity index (χ3n) is 8.25. The number of amides is 1. The molecular formula is C28H35ClF2N2O4S. The number of nitrogens with one attached hydrogen (secondary N) is 1. The van der Waals surface area contributed by atoms with Crippen molar-refractivity contribution in [2.75, 3.05) is 11.9 Å². The molecule has 2 fully saturated rings. The Hall–Kier alpha value is -2.07. The number of rotatable bonds is 8. The normalized spacial score (nSPS) is 25.4. The number of halogens is 3. The molecule has 10 heteroatoms. The van der Waals surface area contributed by atoms with Gasteiger partial charge in [-0.25, -0.2) is 17.2 Å². The monoisotopic (exact) mass is 568 g/mol. The Balaban J connectivity index is 1.56. The van der Waals surface area contributed by atoms with Gasteiger partial charge in [-0.3, -0.25) is 9.69 Å². The molecule has 2 aliphatic carbocycles.